The number of allylic oxidation sites excluding steroid dienone is 2. The lowest BCUT2D eigenvalue weighted by molar-refractivity contribution is -0.143. The van der Waals surface area contributed by atoms with Crippen molar-refractivity contribution in [2.75, 3.05) is 18.6 Å². The average molecular weight is 749 g/mol. The minimum atomic E-state index is -5.12. The van der Waals surface area contributed by atoms with Crippen LogP contribution in [0.4, 0.5) is 32.0 Å². The van der Waals surface area contributed by atoms with E-state index in [4.69, 9.17) is 9.47 Å². The molecule has 2 heterocycles. The number of amides is 2. The van der Waals surface area contributed by atoms with Crippen LogP contribution in [0.25, 0.3) is 6.08 Å². The number of hydrogen-bond donors (Lipinski definition) is 1. The maximum Gasteiger partial charge on any atom is 0.416 e. The maximum absolute atomic E-state index is 13.7. The number of hydrogen-bond acceptors (Lipinski definition) is 5. The summed E-state index contributed by atoms with van der Waals surface area (Å²) in [6.07, 6.45) is -6.71. The van der Waals surface area contributed by atoms with E-state index in [9.17, 15) is 41.0 Å². The summed E-state index contributed by atoms with van der Waals surface area (Å²) in [5.41, 5.74) is -0.252. The van der Waals surface area contributed by atoms with Gasteiger partial charge >= 0.3 is 12.4 Å². The zero-order valence-electron chi connectivity index (χ0n) is 24.5. The van der Waals surface area contributed by atoms with Crippen LogP contribution in [0.15, 0.2) is 47.1 Å². The van der Waals surface area contributed by atoms with Crippen LogP contribution in [0.1, 0.15) is 56.2 Å². The Morgan fingerprint density at radius 3 is 2.27 bits per heavy atom. The quantitative estimate of drug-likeness (QED) is 0.134. The van der Waals surface area contributed by atoms with Gasteiger partial charge in [-0.15, -0.1) is 0 Å². The number of benzene rings is 2. The van der Waals surface area contributed by atoms with E-state index in [1.165, 1.54) is 7.11 Å². The van der Waals surface area contributed by atoms with E-state index in [0.29, 0.717) is 45.6 Å². The van der Waals surface area contributed by atoms with Gasteiger partial charge in [0.15, 0.2) is 11.5 Å². The van der Waals surface area contributed by atoms with Crippen molar-refractivity contribution in [1.29, 1.82) is 0 Å². The molecule has 0 bridgehead atoms. The Balaban J connectivity index is 1.40. The molecular formula is C32H30F6INO5. The van der Waals surface area contributed by atoms with Crippen LogP contribution >= 0.6 is 22.6 Å². The summed E-state index contributed by atoms with van der Waals surface area (Å²) in [6.45, 7) is 3.97. The number of carbonyl (C=O) groups excluding carboxylic acids is 2. The van der Waals surface area contributed by atoms with Crippen LogP contribution in [0, 0.1) is 21.3 Å². The van der Waals surface area contributed by atoms with Crippen LogP contribution in [0.2, 0.25) is 0 Å². The van der Waals surface area contributed by atoms with Gasteiger partial charge in [-0.3, -0.25) is 9.59 Å². The van der Waals surface area contributed by atoms with Crippen LogP contribution in [0.5, 0.6) is 11.5 Å². The van der Waals surface area contributed by atoms with Gasteiger partial charge in [-0.25, -0.2) is 4.90 Å². The molecule has 6 nitrogen and oxygen atoms in total. The fraction of sp³-hybridized carbons (Fsp3) is 0.438. The highest BCUT2D eigenvalue weighted by Crippen LogP contribution is 2.52. The molecule has 1 N–H and O–H groups in total. The zero-order chi connectivity index (χ0) is 33.0. The summed E-state index contributed by atoms with van der Waals surface area (Å²) in [7, 11) is 1.47. The molecule has 2 aromatic rings. The maximum atomic E-state index is 13.7. The van der Waals surface area contributed by atoms with Crippen molar-refractivity contribution in [1.82, 2.24) is 0 Å². The van der Waals surface area contributed by atoms with Crippen LogP contribution < -0.4 is 9.64 Å². The molecule has 45 heavy (non-hydrogen) atoms. The number of rotatable bonds is 7. The molecule has 13 heteroatoms. The Bertz CT molecular complexity index is 1570. The van der Waals surface area contributed by atoms with Gasteiger partial charge in [-0.2, -0.15) is 26.3 Å². The van der Waals surface area contributed by atoms with Gasteiger partial charge < -0.3 is 14.6 Å². The third-order valence-corrected chi connectivity index (χ3v) is 9.57. The molecule has 0 saturated carbocycles. The molecule has 5 rings (SSSR count). The number of fused-ring (bicyclic) bond motifs is 3. The van der Waals surface area contributed by atoms with Gasteiger partial charge in [0.1, 0.15) is 0 Å². The molecule has 2 fully saturated rings. The highest BCUT2D eigenvalue weighted by Gasteiger charge is 2.57. The van der Waals surface area contributed by atoms with Crippen LogP contribution in [-0.4, -0.2) is 36.7 Å². The third-order valence-electron chi connectivity index (χ3n) is 8.75. The van der Waals surface area contributed by atoms with Gasteiger partial charge in [-0.1, -0.05) is 24.1 Å². The molecule has 2 aliphatic heterocycles. The minimum absolute atomic E-state index is 0.0266. The molecule has 1 aliphatic carbocycles. The molecule has 0 unspecified atom stereocenters. The van der Waals surface area contributed by atoms with Gasteiger partial charge in [-0.05, 0) is 96.7 Å². The predicted molar refractivity (Wildman–Crippen MR) is 161 cm³/mol. The van der Waals surface area contributed by atoms with Crippen molar-refractivity contribution in [3.05, 3.63) is 67.3 Å². The first-order valence-electron chi connectivity index (χ1n) is 14.3. The van der Waals surface area contributed by atoms with Crippen molar-refractivity contribution in [2.24, 2.45) is 17.8 Å². The Labute approximate surface area is 269 Å². The number of alkyl halides is 6. The number of phenolic OH excluding ortho intramolecular Hbond substituents is 1. The summed E-state index contributed by atoms with van der Waals surface area (Å²) < 4.78 is 93.3. The summed E-state index contributed by atoms with van der Waals surface area (Å²) in [5.74, 6) is -3.57. The largest absolute Gasteiger partial charge is 0.504 e. The molecule has 0 radical (unpaired) electrons. The lowest BCUT2D eigenvalue weighted by Crippen LogP contribution is -2.34. The number of ether oxygens (including phenoxy) is 2. The van der Waals surface area contributed by atoms with Gasteiger partial charge in [0.2, 0.25) is 11.8 Å². The number of imide groups is 1. The first-order valence-corrected chi connectivity index (χ1v) is 15.4. The second kappa shape index (κ2) is 12.3. The lowest BCUT2D eigenvalue weighted by Gasteiger charge is -2.31. The molecule has 4 atom stereocenters. The second-order valence-corrected chi connectivity index (χ2v) is 12.7. The summed E-state index contributed by atoms with van der Waals surface area (Å²) in [4.78, 5) is 27.8. The number of carbonyl (C=O) groups is 2. The van der Waals surface area contributed by atoms with E-state index in [1.807, 2.05) is 48.6 Å². The van der Waals surface area contributed by atoms with Crippen LogP contribution in [-0.2, 0) is 26.7 Å². The van der Waals surface area contributed by atoms with E-state index in [1.54, 1.807) is 6.07 Å². The van der Waals surface area contributed by atoms with E-state index in [2.05, 4.69) is 0 Å². The molecule has 3 aliphatic rings. The average Bonchev–Trinajstić information content (AvgIpc) is 3.50. The normalized spacial score (nSPS) is 24.0. The third kappa shape index (κ3) is 6.34. The van der Waals surface area contributed by atoms with Gasteiger partial charge in [0.25, 0.3) is 0 Å². The first-order chi connectivity index (χ1) is 21.0. The summed E-state index contributed by atoms with van der Waals surface area (Å²) in [5, 5.41) is 10.1. The molecule has 242 valence electrons. The van der Waals surface area contributed by atoms with E-state index >= 15 is 0 Å². The zero-order valence-corrected chi connectivity index (χ0v) is 26.6. The fourth-order valence-electron chi connectivity index (χ4n) is 6.68. The lowest BCUT2D eigenvalue weighted by atomic mass is 9.69. The van der Waals surface area contributed by atoms with Crippen molar-refractivity contribution in [3.63, 3.8) is 0 Å². The smallest absolute Gasteiger partial charge is 0.416 e. The Hall–Kier alpha value is -3.07. The minimum Gasteiger partial charge on any atom is -0.504 e. The van der Waals surface area contributed by atoms with Crippen molar-refractivity contribution < 1.29 is 50.5 Å². The van der Waals surface area contributed by atoms with Crippen molar-refractivity contribution >= 4 is 46.2 Å². The molecular weight excluding hydrogens is 719 g/mol. The molecule has 2 aromatic carbocycles. The number of aromatic hydroxyl groups is 1. The van der Waals surface area contributed by atoms with E-state index in [0.717, 1.165) is 22.3 Å². The topological polar surface area (TPSA) is 76.1 Å². The molecule has 0 aromatic heterocycles. The monoisotopic (exact) mass is 749 g/mol. The van der Waals surface area contributed by atoms with E-state index in [-0.39, 0.29) is 30.9 Å². The number of methoxy groups -OCH3 is 1. The Morgan fingerprint density at radius 2 is 1.69 bits per heavy atom. The summed E-state index contributed by atoms with van der Waals surface area (Å²) >= 11 is 2.01. The molecule has 2 amide bonds. The summed E-state index contributed by atoms with van der Waals surface area (Å²) in [6, 6.07) is 4.36. The number of anilines is 1. The van der Waals surface area contributed by atoms with Gasteiger partial charge in [0, 0.05) is 5.92 Å². The molecule has 0 spiro atoms. The number of nitrogens with zero attached hydrogens (tertiary/aromatic N) is 1. The van der Waals surface area contributed by atoms with Crippen LogP contribution in [0.3, 0.4) is 0 Å². The fourth-order valence-corrected chi connectivity index (χ4v) is 7.31. The SMILES string of the molecule is CCC1=C2[C@@H](CC/C(C)=C/c3cc(I)c(O)c(OC)c3)OC[C@@H]2[C@@H]2C(=O)N(c3cc(C(F)(F)F)cc(C(F)(F)F)c3)C(=O)[C@@H]2C1. The van der Waals surface area contributed by atoms with E-state index < -0.39 is 58.7 Å². The Kier molecular flexibility index (Phi) is 9.08. The number of phenols is 1. The highest BCUT2D eigenvalue weighted by atomic mass is 127. The first kappa shape index (κ1) is 33.3. The highest BCUT2D eigenvalue weighted by molar-refractivity contribution is 14.1. The van der Waals surface area contributed by atoms with Crippen molar-refractivity contribution in [2.45, 2.75) is 58.0 Å². The molecule has 2 saturated heterocycles. The van der Waals surface area contributed by atoms with Crippen molar-refractivity contribution in [3.8, 4) is 11.5 Å². The second-order valence-electron chi connectivity index (χ2n) is 11.5. The number of halogens is 7. The predicted octanol–water partition coefficient (Wildman–Crippen LogP) is 8.16. The van der Waals surface area contributed by atoms with Gasteiger partial charge in [0.05, 0.1) is 52.0 Å². The Morgan fingerprint density at radius 1 is 1.04 bits per heavy atom. The standard InChI is InChI=1S/C32H30F6INO5/c1-4-17-10-21-27(30(43)40(29(21)42)20-12-18(31(33,34)35)11-19(13-20)32(36,37)38)22-14-45-24(26(17)22)6-5-15(2)7-16-8-23(39)28(41)25(9-16)44-3/h7-9,11-13,21-22,24,27,41H,4-6,10,14H2,1-3H3/b15-7+/t21-,22+,24-,27-/m1/s1.